The van der Waals surface area contributed by atoms with Crippen molar-refractivity contribution in [2.75, 3.05) is 19.6 Å². The molecule has 0 radical (unpaired) electrons. The molecule has 1 N–H and O–H groups in total. The van der Waals surface area contributed by atoms with Crippen LogP contribution in [-0.4, -0.2) is 52.6 Å². The fourth-order valence-electron chi connectivity index (χ4n) is 2.48. The molecular formula is C10H16N2O3. The number of amides is 2. The molecule has 15 heavy (non-hydrogen) atoms. The van der Waals surface area contributed by atoms with Gasteiger partial charge in [-0.1, -0.05) is 0 Å². The average Bonchev–Trinajstić information content (AvgIpc) is 2.55. The second kappa shape index (κ2) is 3.72. The molecule has 2 amide bonds. The first-order valence-corrected chi connectivity index (χ1v) is 5.41. The fourth-order valence-corrected chi connectivity index (χ4v) is 2.48. The first kappa shape index (κ1) is 10.3. The van der Waals surface area contributed by atoms with E-state index >= 15 is 0 Å². The van der Waals surface area contributed by atoms with Crippen LogP contribution in [0.3, 0.4) is 0 Å². The number of carboxylic acids is 1. The molecule has 2 aliphatic rings. The molecule has 84 valence electrons. The van der Waals surface area contributed by atoms with Gasteiger partial charge in [0.05, 0.1) is 12.0 Å². The molecule has 2 saturated heterocycles. The summed E-state index contributed by atoms with van der Waals surface area (Å²) in [6.45, 7) is 3.95. The Bertz CT molecular complexity index is 292. The number of piperidine rings is 1. The molecular weight excluding hydrogens is 196 g/mol. The summed E-state index contributed by atoms with van der Waals surface area (Å²) in [6.07, 6.45) is 1.20. The monoisotopic (exact) mass is 212 g/mol. The lowest BCUT2D eigenvalue weighted by atomic mass is 9.92. The maximum absolute atomic E-state index is 11.8. The summed E-state index contributed by atoms with van der Waals surface area (Å²) in [5.41, 5.74) is 0. The lowest BCUT2D eigenvalue weighted by molar-refractivity contribution is -0.143. The average molecular weight is 212 g/mol. The van der Waals surface area contributed by atoms with Crippen molar-refractivity contribution in [2.24, 2.45) is 5.92 Å². The molecule has 0 saturated carbocycles. The van der Waals surface area contributed by atoms with Crippen LogP contribution < -0.4 is 0 Å². The van der Waals surface area contributed by atoms with Gasteiger partial charge < -0.3 is 14.9 Å². The third kappa shape index (κ3) is 1.66. The third-order valence-electron chi connectivity index (χ3n) is 3.39. The van der Waals surface area contributed by atoms with Gasteiger partial charge >= 0.3 is 12.0 Å². The standard InChI is InChI=1S/C10H16N2O3/c1-2-11-6-8-5-7(9(13)14)3-4-12(8)10(11)15/h7-8H,2-6H2,1H3,(H,13,14). The zero-order valence-electron chi connectivity index (χ0n) is 8.85. The number of aliphatic carboxylic acids is 1. The molecule has 0 spiro atoms. The van der Waals surface area contributed by atoms with Gasteiger partial charge in [0.2, 0.25) is 0 Å². The zero-order valence-corrected chi connectivity index (χ0v) is 8.85. The third-order valence-corrected chi connectivity index (χ3v) is 3.39. The Morgan fingerprint density at radius 1 is 1.60 bits per heavy atom. The van der Waals surface area contributed by atoms with Crippen LogP contribution in [0.5, 0.6) is 0 Å². The largest absolute Gasteiger partial charge is 0.481 e. The minimum absolute atomic E-state index is 0.0753. The molecule has 2 aliphatic heterocycles. The van der Waals surface area contributed by atoms with Gasteiger partial charge in [-0.15, -0.1) is 0 Å². The van der Waals surface area contributed by atoms with Gasteiger partial charge in [-0.25, -0.2) is 4.79 Å². The molecule has 2 unspecified atom stereocenters. The molecule has 0 aromatic heterocycles. The van der Waals surface area contributed by atoms with Crippen molar-refractivity contribution >= 4 is 12.0 Å². The minimum Gasteiger partial charge on any atom is -0.481 e. The summed E-state index contributed by atoms with van der Waals surface area (Å²) < 4.78 is 0. The van der Waals surface area contributed by atoms with E-state index in [2.05, 4.69) is 0 Å². The highest BCUT2D eigenvalue weighted by Gasteiger charge is 2.41. The van der Waals surface area contributed by atoms with Crippen molar-refractivity contribution in [1.29, 1.82) is 0 Å². The Balaban J connectivity index is 2.05. The second-order valence-corrected chi connectivity index (χ2v) is 4.23. The van der Waals surface area contributed by atoms with Crippen molar-refractivity contribution in [3.63, 3.8) is 0 Å². The first-order chi connectivity index (χ1) is 7.13. The van der Waals surface area contributed by atoms with E-state index in [1.807, 2.05) is 11.8 Å². The lowest BCUT2D eigenvalue weighted by Gasteiger charge is -2.31. The normalized spacial score (nSPS) is 30.6. The van der Waals surface area contributed by atoms with Gasteiger partial charge in [0.15, 0.2) is 0 Å². The number of hydrogen-bond acceptors (Lipinski definition) is 2. The van der Waals surface area contributed by atoms with E-state index in [-0.39, 0.29) is 18.0 Å². The van der Waals surface area contributed by atoms with Crippen LogP contribution in [0.1, 0.15) is 19.8 Å². The van der Waals surface area contributed by atoms with Crippen molar-refractivity contribution in [3.05, 3.63) is 0 Å². The number of carbonyl (C=O) groups excluding carboxylic acids is 1. The van der Waals surface area contributed by atoms with E-state index in [0.29, 0.717) is 32.5 Å². The van der Waals surface area contributed by atoms with Gasteiger partial charge in [-0.05, 0) is 19.8 Å². The van der Waals surface area contributed by atoms with Crippen LogP contribution in [0.15, 0.2) is 0 Å². The molecule has 2 heterocycles. The van der Waals surface area contributed by atoms with E-state index in [4.69, 9.17) is 5.11 Å². The predicted octanol–water partition coefficient (Wildman–Crippen LogP) is 0.607. The highest BCUT2D eigenvalue weighted by Crippen LogP contribution is 2.28. The topological polar surface area (TPSA) is 60.9 Å². The molecule has 0 aromatic carbocycles. The van der Waals surface area contributed by atoms with Crippen molar-refractivity contribution in [2.45, 2.75) is 25.8 Å². The summed E-state index contributed by atoms with van der Waals surface area (Å²) >= 11 is 0. The van der Waals surface area contributed by atoms with Gasteiger partial charge in [-0.2, -0.15) is 0 Å². The Morgan fingerprint density at radius 2 is 2.33 bits per heavy atom. The molecule has 0 aliphatic carbocycles. The minimum atomic E-state index is -0.725. The van der Waals surface area contributed by atoms with Crippen LogP contribution in [0.2, 0.25) is 0 Å². The summed E-state index contributed by atoms with van der Waals surface area (Å²) in [7, 11) is 0. The molecule has 2 atom stereocenters. The number of carboxylic acid groups (broad SMARTS) is 1. The summed E-state index contributed by atoms with van der Waals surface area (Å²) in [5, 5.41) is 8.93. The smallest absolute Gasteiger partial charge is 0.320 e. The van der Waals surface area contributed by atoms with Crippen LogP contribution in [0.4, 0.5) is 4.79 Å². The highest BCUT2D eigenvalue weighted by atomic mass is 16.4. The van der Waals surface area contributed by atoms with Gasteiger partial charge in [0.1, 0.15) is 0 Å². The van der Waals surface area contributed by atoms with E-state index < -0.39 is 5.97 Å². The van der Waals surface area contributed by atoms with E-state index in [9.17, 15) is 9.59 Å². The maximum atomic E-state index is 11.8. The van der Waals surface area contributed by atoms with Gasteiger partial charge in [0, 0.05) is 19.6 Å². The number of fused-ring (bicyclic) bond motifs is 1. The van der Waals surface area contributed by atoms with Gasteiger partial charge in [0.25, 0.3) is 0 Å². The van der Waals surface area contributed by atoms with Crippen molar-refractivity contribution in [3.8, 4) is 0 Å². The first-order valence-electron chi connectivity index (χ1n) is 5.41. The lowest BCUT2D eigenvalue weighted by Crippen LogP contribution is -2.43. The molecule has 0 aromatic rings. The van der Waals surface area contributed by atoms with Crippen molar-refractivity contribution < 1.29 is 14.7 Å². The Hall–Kier alpha value is -1.26. The quantitative estimate of drug-likeness (QED) is 0.729. The van der Waals surface area contributed by atoms with Crippen LogP contribution in [-0.2, 0) is 4.79 Å². The number of rotatable bonds is 2. The fraction of sp³-hybridized carbons (Fsp3) is 0.800. The Kier molecular flexibility index (Phi) is 2.54. The summed E-state index contributed by atoms with van der Waals surface area (Å²) in [5.74, 6) is -0.993. The maximum Gasteiger partial charge on any atom is 0.320 e. The molecule has 2 fully saturated rings. The number of nitrogens with zero attached hydrogens (tertiary/aromatic N) is 2. The second-order valence-electron chi connectivity index (χ2n) is 4.23. The molecule has 0 bridgehead atoms. The molecule has 2 rings (SSSR count). The van der Waals surface area contributed by atoms with Crippen LogP contribution >= 0.6 is 0 Å². The SMILES string of the molecule is CCN1CC2CC(C(=O)O)CCN2C1=O. The number of carbonyl (C=O) groups is 2. The molecule has 5 heteroatoms. The Morgan fingerprint density at radius 3 is 2.93 bits per heavy atom. The van der Waals surface area contributed by atoms with Crippen LogP contribution in [0, 0.1) is 5.92 Å². The summed E-state index contributed by atoms with van der Waals surface area (Å²) in [6, 6.07) is 0.193. The van der Waals surface area contributed by atoms with Crippen LogP contribution in [0.25, 0.3) is 0 Å². The Labute approximate surface area is 88.6 Å². The predicted molar refractivity (Wildman–Crippen MR) is 53.5 cm³/mol. The summed E-state index contributed by atoms with van der Waals surface area (Å²) in [4.78, 5) is 26.2. The highest BCUT2D eigenvalue weighted by molar-refractivity contribution is 5.78. The van der Waals surface area contributed by atoms with Crippen molar-refractivity contribution in [1.82, 2.24) is 9.80 Å². The van der Waals surface area contributed by atoms with E-state index in [0.717, 1.165) is 0 Å². The van der Waals surface area contributed by atoms with Gasteiger partial charge in [-0.3, -0.25) is 4.79 Å². The van der Waals surface area contributed by atoms with E-state index in [1.165, 1.54) is 0 Å². The number of hydrogen-bond donors (Lipinski definition) is 1. The number of urea groups is 1. The number of likely N-dealkylation sites (N-methyl/N-ethyl adjacent to an activating group) is 1. The zero-order chi connectivity index (χ0) is 11.0. The molecule has 5 nitrogen and oxygen atoms in total. The van der Waals surface area contributed by atoms with E-state index in [1.54, 1.807) is 4.90 Å².